The maximum atomic E-state index is 14.3. The van der Waals surface area contributed by atoms with Crippen LogP contribution in [0.2, 0.25) is 0 Å². The molecule has 0 aliphatic rings. The van der Waals surface area contributed by atoms with Crippen molar-refractivity contribution >= 4 is 34.2 Å². The number of hydrogen-bond donors (Lipinski definition) is 0. The van der Waals surface area contributed by atoms with E-state index in [1.54, 1.807) is 13.3 Å². The molecule has 5 heteroatoms. The van der Waals surface area contributed by atoms with Gasteiger partial charge in [-0.25, -0.2) is 4.98 Å². The lowest BCUT2D eigenvalue weighted by Gasteiger charge is -2.19. The minimum atomic E-state index is -3.12. The highest BCUT2D eigenvalue weighted by molar-refractivity contribution is 7.85. The molecular weight excluding hydrogens is 343 g/mol. The highest BCUT2D eigenvalue weighted by Gasteiger charge is 2.31. The molecule has 0 fully saturated rings. The van der Waals surface area contributed by atoms with E-state index >= 15 is 0 Å². The first-order chi connectivity index (χ1) is 12.7. The van der Waals surface area contributed by atoms with Gasteiger partial charge in [-0.2, -0.15) is 0 Å². The predicted molar refractivity (Wildman–Crippen MR) is 105 cm³/mol. The summed E-state index contributed by atoms with van der Waals surface area (Å²) in [7, 11) is -1.51. The van der Waals surface area contributed by atoms with E-state index in [0.717, 1.165) is 16.1 Å². The van der Waals surface area contributed by atoms with E-state index in [-0.39, 0.29) is 0 Å². The minimum absolute atomic E-state index is 0.468. The Kier molecular flexibility index (Phi) is 4.27. The molecule has 0 radical (unpaired) electrons. The molecule has 4 aromatic rings. The lowest BCUT2D eigenvalue weighted by molar-refractivity contribution is 0.415. The molecule has 0 saturated heterocycles. The number of benzene rings is 3. The van der Waals surface area contributed by atoms with Crippen molar-refractivity contribution in [3.8, 4) is 5.75 Å². The zero-order chi connectivity index (χ0) is 18.0. The Morgan fingerprint density at radius 1 is 0.808 bits per heavy atom. The summed E-state index contributed by atoms with van der Waals surface area (Å²) in [5, 5.41) is 1.48. The van der Waals surface area contributed by atoms with E-state index < -0.39 is 7.14 Å². The van der Waals surface area contributed by atoms with Gasteiger partial charge in [0.15, 0.2) is 7.14 Å². The van der Waals surface area contributed by atoms with Gasteiger partial charge in [-0.1, -0.05) is 60.7 Å². The van der Waals surface area contributed by atoms with Gasteiger partial charge < -0.3 is 9.30 Å². The second kappa shape index (κ2) is 6.74. The van der Waals surface area contributed by atoms with E-state index in [9.17, 15) is 4.57 Å². The van der Waals surface area contributed by atoms with Gasteiger partial charge in [0.2, 0.25) is 0 Å². The van der Waals surface area contributed by atoms with Crippen LogP contribution in [0.5, 0.6) is 5.75 Å². The van der Waals surface area contributed by atoms with Crippen LogP contribution < -0.4 is 20.8 Å². The third-order valence-electron chi connectivity index (χ3n) is 4.30. The topological polar surface area (TPSA) is 52.1 Å². The second-order valence-electron chi connectivity index (χ2n) is 5.86. The Hall–Kier alpha value is -2.97. The maximum Gasteiger partial charge on any atom is 0.190 e. The normalized spacial score (nSPS) is 11.4. The molecule has 0 N–H and O–H groups in total. The molecule has 0 saturated carbocycles. The molecule has 128 valence electrons. The molecular formula is C21H17N2O2P. The van der Waals surface area contributed by atoms with Crippen molar-refractivity contribution in [2.24, 2.45) is 0 Å². The van der Waals surface area contributed by atoms with E-state index in [2.05, 4.69) is 4.98 Å². The van der Waals surface area contributed by atoms with Crippen LogP contribution in [0.1, 0.15) is 0 Å². The average Bonchev–Trinajstić information content (AvgIpc) is 2.73. The molecule has 26 heavy (non-hydrogen) atoms. The molecule has 3 aromatic carbocycles. The Bertz CT molecular complexity index is 1060. The standard InChI is InChI=1S/C21H17N2O2P/c1-25-16-12-13-19-20(14-16)23-21(15-22-19)26(24,17-8-4-2-5-9-17)18-10-6-3-7-11-18/h2-15H,1H3. The van der Waals surface area contributed by atoms with Gasteiger partial charge in [0.25, 0.3) is 0 Å². The van der Waals surface area contributed by atoms with Crippen LogP contribution in [0, 0.1) is 0 Å². The van der Waals surface area contributed by atoms with Gasteiger partial charge in [0.1, 0.15) is 11.2 Å². The Morgan fingerprint density at radius 3 is 2.00 bits per heavy atom. The number of methoxy groups -OCH3 is 1. The summed E-state index contributed by atoms with van der Waals surface area (Å²) in [6.07, 6.45) is 1.62. The number of fused-ring (bicyclic) bond motifs is 1. The first-order valence-electron chi connectivity index (χ1n) is 8.24. The molecule has 4 rings (SSSR count). The van der Waals surface area contributed by atoms with Crippen LogP contribution in [-0.4, -0.2) is 17.1 Å². The van der Waals surface area contributed by atoms with Crippen molar-refractivity contribution in [2.75, 3.05) is 7.11 Å². The molecule has 4 nitrogen and oxygen atoms in total. The lowest BCUT2D eigenvalue weighted by Crippen LogP contribution is -2.27. The summed E-state index contributed by atoms with van der Waals surface area (Å²) < 4.78 is 19.6. The average molecular weight is 360 g/mol. The number of aromatic nitrogens is 2. The first-order valence-corrected chi connectivity index (χ1v) is 9.95. The molecule has 0 unspecified atom stereocenters. The van der Waals surface area contributed by atoms with E-state index in [4.69, 9.17) is 9.72 Å². The van der Waals surface area contributed by atoms with E-state index in [1.165, 1.54) is 0 Å². The summed E-state index contributed by atoms with van der Waals surface area (Å²) >= 11 is 0. The largest absolute Gasteiger partial charge is 0.497 e. The molecule has 0 bridgehead atoms. The van der Waals surface area contributed by atoms with E-state index in [1.807, 2.05) is 78.9 Å². The van der Waals surface area contributed by atoms with Crippen LogP contribution in [0.3, 0.4) is 0 Å². The number of hydrogen-bond acceptors (Lipinski definition) is 4. The van der Waals surface area contributed by atoms with Crippen molar-refractivity contribution in [3.05, 3.63) is 85.1 Å². The van der Waals surface area contributed by atoms with Gasteiger partial charge in [-0.15, -0.1) is 0 Å². The van der Waals surface area contributed by atoms with E-state index in [0.29, 0.717) is 16.7 Å². The third kappa shape index (κ3) is 2.79. The molecule has 0 atom stereocenters. The van der Waals surface area contributed by atoms with Crippen LogP contribution in [0.25, 0.3) is 11.0 Å². The zero-order valence-electron chi connectivity index (χ0n) is 14.2. The second-order valence-corrected chi connectivity index (χ2v) is 8.57. The van der Waals surface area contributed by atoms with Gasteiger partial charge >= 0.3 is 0 Å². The molecule has 0 amide bonds. The smallest absolute Gasteiger partial charge is 0.190 e. The van der Waals surface area contributed by atoms with Crippen molar-refractivity contribution < 1.29 is 9.30 Å². The van der Waals surface area contributed by atoms with Gasteiger partial charge in [0.05, 0.1) is 24.3 Å². The summed E-state index contributed by atoms with van der Waals surface area (Å²) in [5.74, 6) is 0.693. The Balaban J connectivity index is 1.98. The number of nitrogens with zero attached hydrogens (tertiary/aromatic N) is 2. The number of rotatable bonds is 4. The maximum absolute atomic E-state index is 14.3. The number of ether oxygens (including phenoxy) is 1. The fraction of sp³-hybridized carbons (Fsp3) is 0.0476. The summed E-state index contributed by atoms with van der Waals surface area (Å²) in [6.45, 7) is 0. The predicted octanol–water partition coefficient (Wildman–Crippen LogP) is 3.28. The lowest BCUT2D eigenvalue weighted by atomic mass is 10.3. The minimum Gasteiger partial charge on any atom is -0.497 e. The van der Waals surface area contributed by atoms with Crippen molar-refractivity contribution in [2.45, 2.75) is 0 Å². The van der Waals surface area contributed by atoms with Crippen molar-refractivity contribution in [3.63, 3.8) is 0 Å². The SMILES string of the molecule is COc1ccc2ncc(P(=O)(c3ccccc3)c3ccccc3)nc2c1. The van der Waals surface area contributed by atoms with Crippen LogP contribution in [0.15, 0.2) is 85.1 Å². The van der Waals surface area contributed by atoms with Crippen LogP contribution >= 0.6 is 7.14 Å². The third-order valence-corrected chi connectivity index (χ3v) is 7.21. The molecule has 0 aliphatic carbocycles. The summed E-state index contributed by atoms with van der Waals surface area (Å²) in [4.78, 5) is 9.19. The molecule has 0 spiro atoms. The first kappa shape index (κ1) is 16.5. The van der Waals surface area contributed by atoms with Gasteiger partial charge in [-0.3, -0.25) is 4.98 Å². The summed E-state index contributed by atoms with van der Waals surface area (Å²) in [6, 6.07) is 24.4. The highest BCUT2D eigenvalue weighted by Crippen LogP contribution is 2.41. The fourth-order valence-electron chi connectivity index (χ4n) is 2.95. The van der Waals surface area contributed by atoms with Crippen LogP contribution in [0.4, 0.5) is 0 Å². The molecule has 1 aromatic heterocycles. The monoisotopic (exact) mass is 360 g/mol. The van der Waals surface area contributed by atoms with Gasteiger partial charge in [0, 0.05) is 16.7 Å². The Morgan fingerprint density at radius 2 is 1.42 bits per heavy atom. The van der Waals surface area contributed by atoms with Crippen molar-refractivity contribution in [1.29, 1.82) is 0 Å². The van der Waals surface area contributed by atoms with Crippen molar-refractivity contribution in [1.82, 2.24) is 9.97 Å². The van der Waals surface area contributed by atoms with Crippen LogP contribution in [-0.2, 0) is 4.57 Å². The fourth-order valence-corrected chi connectivity index (χ4v) is 5.43. The molecule has 0 aliphatic heterocycles. The Labute approximate surface area is 151 Å². The summed E-state index contributed by atoms with van der Waals surface area (Å²) in [5.41, 5.74) is 1.87. The highest BCUT2D eigenvalue weighted by atomic mass is 31.2. The quantitative estimate of drug-likeness (QED) is 0.524. The molecule has 1 heterocycles. The van der Waals surface area contributed by atoms with Gasteiger partial charge in [-0.05, 0) is 12.1 Å². The zero-order valence-corrected chi connectivity index (χ0v) is 15.1.